The summed E-state index contributed by atoms with van der Waals surface area (Å²) >= 11 is 0. The zero-order valence-corrected chi connectivity index (χ0v) is 16.2. The van der Waals surface area contributed by atoms with Crippen LogP contribution in [-0.4, -0.2) is 36.8 Å². The number of hydrogen-bond donors (Lipinski definition) is 0. The highest BCUT2D eigenvalue weighted by Gasteiger charge is 2.25. The van der Waals surface area contributed by atoms with E-state index in [9.17, 15) is 17.6 Å². The van der Waals surface area contributed by atoms with Gasteiger partial charge in [-0.25, -0.2) is 22.6 Å². The first-order valence-corrected chi connectivity index (χ1v) is 10.1. The molecule has 0 atom stereocenters. The van der Waals surface area contributed by atoms with E-state index in [0.717, 1.165) is 18.2 Å². The normalized spacial score (nSPS) is 11.9. The first kappa shape index (κ1) is 20.0. The Balaban J connectivity index is 1.81. The van der Waals surface area contributed by atoms with Crippen molar-refractivity contribution in [1.82, 2.24) is 9.29 Å². The molecule has 0 aliphatic heterocycles. The van der Waals surface area contributed by atoms with Crippen LogP contribution in [0.1, 0.15) is 30.1 Å². The Morgan fingerprint density at radius 2 is 1.89 bits per heavy atom. The van der Waals surface area contributed by atoms with Crippen LogP contribution in [0.15, 0.2) is 51.8 Å². The quantitative estimate of drug-likeness (QED) is 0.559. The molecular weight excluding hydrogens is 387 g/mol. The molecule has 0 spiro atoms. The highest BCUT2D eigenvalue weighted by molar-refractivity contribution is 7.89. The number of sulfonamides is 1. The summed E-state index contributed by atoms with van der Waals surface area (Å²) in [6, 6.07) is 10.1. The maximum absolute atomic E-state index is 14.1. The molecule has 0 N–H and O–H groups in total. The van der Waals surface area contributed by atoms with Gasteiger partial charge in [-0.05, 0) is 30.3 Å². The summed E-state index contributed by atoms with van der Waals surface area (Å²) in [6.07, 6.45) is 0. The van der Waals surface area contributed by atoms with Crippen molar-refractivity contribution in [3.8, 4) is 0 Å². The van der Waals surface area contributed by atoms with Gasteiger partial charge < -0.3 is 9.15 Å². The van der Waals surface area contributed by atoms with E-state index >= 15 is 0 Å². The van der Waals surface area contributed by atoms with Gasteiger partial charge in [-0.1, -0.05) is 26.0 Å². The zero-order valence-electron chi connectivity index (χ0n) is 15.4. The Morgan fingerprint density at radius 1 is 1.18 bits per heavy atom. The fourth-order valence-corrected chi connectivity index (χ4v) is 4.21. The Kier molecular flexibility index (Phi) is 5.76. The van der Waals surface area contributed by atoms with Gasteiger partial charge in [-0.15, -0.1) is 0 Å². The molecule has 0 amide bonds. The van der Waals surface area contributed by atoms with Crippen molar-refractivity contribution >= 4 is 27.1 Å². The maximum atomic E-state index is 14.1. The van der Waals surface area contributed by atoms with Crippen molar-refractivity contribution < 1.29 is 26.8 Å². The van der Waals surface area contributed by atoms with Crippen LogP contribution in [0.4, 0.5) is 4.39 Å². The molecule has 3 rings (SSSR count). The maximum Gasteiger partial charge on any atom is 0.341 e. The van der Waals surface area contributed by atoms with Gasteiger partial charge in [-0.2, -0.15) is 4.31 Å². The van der Waals surface area contributed by atoms with Crippen LogP contribution >= 0.6 is 0 Å². The molecule has 0 aliphatic carbocycles. The number of fused-ring (bicyclic) bond motifs is 1. The van der Waals surface area contributed by atoms with E-state index < -0.39 is 27.4 Å². The molecule has 1 heterocycles. The van der Waals surface area contributed by atoms with Crippen molar-refractivity contribution in [2.45, 2.75) is 25.3 Å². The predicted molar refractivity (Wildman–Crippen MR) is 99.6 cm³/mol. The number of benzene rings is 2. The number of halogens is 1. The minimum atomic E-state index is -3.83. The molecule has 0 bridgehead atoms. The van der Waals surface area contributed by atoms with Gasteiger partial charge in [-0.3, -0.25) is 0 Å². The number of carbonyl (C=O) groups excluding carboxylic acids is 1. The first-order chi connectivity index (χ1) is 13.4. The Hall–Kier alpha value is -2.78. The topological polar surface area (TPSA) is 89.7 Å². The van der Waals surface area contributed by atoms with Gasteiger partial charge >= 0.3 is 5.97 Å². The number of oxazole rings is 1. The van der Waals surface area contributed by atoms with Crippen molar-refractivity contribution in [2.24, 2.45) is 0 Å². The van der Waals surface area contributed by atoms with Gasteiger partial charge in [0.05, 0.1) is 10.5 Å². The molecule has 0 radical (unpaired) electrons. The van der Waals surface area contributed by atoms with Gasteiger partial charge in [0.2, 0.25) is 15.9 Å². The summed E-state index contributed by atoms with van der Waals surface area (Å²) in [7, 11) is -3.83. The second kappa shape index (κ2) is 8.07. The minimum Gasteiger partial charge on any atom is -0.452 e. The minimum absolute atomic E-state index is 0.155. The van der Waals surface area contributed by atoms with E-state index in [1.807, 2.05) is 0 Å². The molecule has 7 nitrogen and oxygen atoms in total. The molecule has 1 aromatic heterocycles. The molecule has 0 fully saturated rings. The number of esters is 1. The average Bonchev–Trinajstić information content (AvgIpc) is 3.10. The zero-order chi connectivity index (χ0) is 20.3. The van der Waals surface area contributed by atoms with Crippen LogP contribution in [0, 0.1) is 5.82 Å². The average molecular weight is 406 g/mol. The Bertz CT molecular complexity index is 1070. The molecule has 3 aromatic rings. The number of nitrogens with zero attached hydrogens (tertiary/aromatic N) is 2. The van der Waals surface area contributed by atoms with Crippen LogP contribution < -0.4 is 0 Å². The largest absolute Gasteiger partial charge is 0.452 e. The summed E-state index contributed by atoms with van der Waals surface area (Å²) in [5.74, 6) is -1.72. The molecule has 2 aromatic carbocycles. The van der Waals surface area contributed by atoms with E-state index in [1.165, 1.54) is 4.31 Å². The van der Waals surface area contributed by atoms with Gasteiger partial charge in [0.15, 0.2) is 12.2 Å². The smallest absolute Gasteiger partial charge is 0.341 e. The van der Waals surface area contributed by atoms with Crippen molar-refractivity contribution in [1.29, 1.82) is 0 Å². The van der Waals surface area contributed by atoms with E-state index in [1.54, 1.807) is 38.1 Å². The van der Waals surface area contributed by atoms with Crippen LogP contribution in [-0.2, 0) is 21.4 Å². The second-order valence-corrected chi connectivity index (χ2v) is 7.82. The van der Waals surface area contributed by atoms with Crippen LogP contribution in [0.3, 0.4) is 0 Å². The summed E-state index contributed by atoms with van der Waals surface area (Å²) < 4.78 is 51.0. The molecular formula is C19H19FN2O5S. The molecule has 0 saturated carbocycles. The fourth-order valence-electron chi connectivity index (χ4n) is 2.72. The lowest BCUT2D eigenvalue weighted by Gasteiger charge is -2.18. The summed E-state index contributed by atoms with van der Waals surface area (Å²) in [4.78, 5) is 16.3. The van der Waals surface area contributed by atoms with E-state index in [2.05, 4.69) is 4.98 Å². The van der Waals surface area contributed by atoms with E-state index in [4.69, 9.17) is 9.15 Å². The summed E-state index contributed by atoms with van der Waals surface area (Å²) in [5, 5.41) is 0. The third-order valence-corrected chi connectivity index (χ3v) is 6.21. The highest BCUT2D eigenvalue weighted by Crippen LogP contribution is 2.21. The first-order valence-electron chi connectivity index (χ1n) is 8.68. The highest BCUT2D eigenvalue weighted by atomic mass is 32.2. The molecule has 28 heavy (non-hydrogen) atoms. The van der Waals surface area contributed by atoms with E-state index in [-0.39, 0.29) is 30.5 Å². The van der Waals surface area contributed by atoms with E-state index in [0.29, 0.717) is 11.1 Å². The Morgan fingerprint density at radius 3 is 2.57 bits per heavy atom. The molecule has 148 valence electrons. The third-order valence-electron chi connectivity index (χ3n) is 4.17. The van der Waals surface area contributed by atoms with Crippen molar-refractivity contribution in [2.75, 3.05) is 13.1 Å². The number of carbonyl (C=O) groups is 1. The van der Waals surface area contributed by atoms with Crippen LogP contribution in [0.25, 0.3) is 11.1 Å². The second-order valence-electron chi connectivity index (χ2n) is 5.88. The number of aromatic nitrogens is 1. The van der Waals surface area contributed by atoms with Crippen LogP contribution in [0.2, 0.25) is 0 Å². The molecule has 0 unspecified atom stereocenters. The van der Waals surface area contributed by atoms with Crippen molar-refractivity contribution in [3.05, 3.63) is 59.7 Å². The van der Waals surface area contributed by atoms with Gasteiger partial charge in [0.25, 0.3) is 0 Å². The fraction of sp³-hybridized carbons (Fsp3) is 0.263. The Labute approximate surface area is 161 Å². The monoisotopic (exact) mass is 406 g/mol. The van der Waals surface area contributed by atoms with Gasteiger partial charge in [0.1, 0.15) is 11.3 Å². The number of ether oxygens (including phenoxy) is 1. The van der Waals surface area contributed by atoms with Crippen molar-refractivity contribution in [3.63, 3.8) is 0 Å². The lowest BCUT2D eigenvalue weighted by Crippen LogP contribution is -2.30. The lowest BCUT2D eigenvalue weighted by atomic mass is 10.2. The third kappa shape index (κ3) is 3.90. The number of rotatable bonds is 7. The summed E-state index contributed by atoms with van der Waals surface area (Å²) in [6.45, 7) is 3.60. The van der Waals surface area contributed by atoms with Crippen LogP contribution in [0.5, 0.6) is 0 Å². The number of para-hydroxylation sites is 2. The standard InChI is InChI=1S/C19H19FN2O5S/c1-3-22(4-2)28(24,25)13-9-10-15(20)14(11-13)19(23)26-12-18-21-16-7-5-6-8-17(16)27-18/h5-11H,3-4,12H2,1-2H3. The molecule has 9 heteroatoms. The lowest BCUT2D eigenvalue weighted by molar-refractivity contribution is 0.0434. The number of hydrogen-bond acceptors (Lipinski definition) is 6. The molecule has 0 aliphatic rings. The predicted octanol–water partition coefficient (Wildman–Crippen LogP) is 3.35. The summed E-state index contributed by atoms with van der Waals surface area (Å²) in [5.41, 5.74) is 0.670. The SMILES string of the molecule is CCN(CC)S(=O)(=O)c1ccc(F)c(C(=O)OCc2nc3ccccc3o2)c1. The van der Waals surface area contributed by atoms with Gasteiger partial charge in [0, 0.05) is 13.1 Å². The molecule has 0 saturated heterocycles.